The van der Waals surface area contributed by atoms with Gasteiger partial charge in [-0.3, -0.25) is 4.90 Å². The van der Waals surface area contributed by atoms with Crippen molar-refractivity contribution in [2.24, 2.45) is 0 Å². The number of carbonyl (C=O) groups is 2. The van der Waals surface area contributed by atoms with Gasteiger partial charge < -0.3 is 14.7 Å². The Kier molecular flexibility index (Phi) is 4.08. The van der Waals surface area contributed by atoms with Gasteiger partial charge in [-0.2, -0.15) is 0 Å². The number of nitrogens with zero attached hydrogens (tertiary/aromatic N) is 2. The van der Waals surface area contributed by atoms with E-state index in [1.54, 1.807) is 18.2 Å². The maximum absolute atomic E-state index is 13.7. The zero-order valence-electron chi connectivity index (χ0n) is 12.4. The highest BCUT2D eigenvalue weighted by atomic mass is 19.1. The largest absolute Gasteiger partial charge is 0.525 e. The molecule has 1 amide bonds. The van der Waals surface area contributed by atoms with Crippen LogP contribution >= 0.6 is 0 Å². The molecule has 3 rings (SSSR count). The summed E-state index contributed by atoms with van der Waals surface area (Å²) in [5.41, 5.74) is -0.214. The number of piperidine rings is 1. The number of hydroxylamine groups is 2. The van der Waals surface area contributed by atoms with Crippen LogP contribution in [0.2, 0.25) is 0 Å². The van der Waals surface area contributed by atoms with Crippen LogP contribution in [0.3, 0.4) is 0 Å². The quantitative estimate of drug-likeness (QED) is 0.918. The molecular formula is C15H17FN2O5. The smallest absolute Gasteiger partial charge is 0.448 e. The van der Waals surface area contributed by atoms with Crippen molar-refractivity contribution < 1.29 is 28.7 Å². The molecule has 1 spiro atoms. The van der Waals surface area contributed by atoms with Gasteiger partial charge in [-0.1, -0.05) is 18.2 Å². The Labute approximate surface area is 132 Å². The van der Waals surface area contributed by atoms with Gasteiger partial charge in [0.2, 0.25) is 0 Å². The molecule has 0 atom stereocenters. The van der Waals surface area contributed by atoms with Gasteiger partial charge in [0, 0.05) is 31.5 Å². The number of carboxylic acid groups (broad SMARTS) is 1. The van der Waals surface area contributed by atoms with E-state index in [1.165, 1.54) is 16.0 Å². The topological polar surface area (TPSA) is 79.3 Å². The predicted octanol–water partition coefficient (Wildman–Crippen LogP) is 2.22. The first kappa shape index (κ1) is 15.5. The minimum Gasteiger partial charge on any atom is -0.448 e. The third-order valence-corrected chi connectivity index (χ3v) is 4.20. The third-order valence-electron chi connectivity index (χ3n) is 4.20. The maximum Gasteiger partial charge on any atom is 0.525 e. The Bertz CT molecular complexity index is 616. The van der Waals surface area contributed by atoms with Crippen molar-refractivity contribution in [3.05, 3.63) is 35.6 Å². The predicted molar refractivity (Wildman–Crippen MR) is 75.9 cm³/mol. The van der Waals surface area contributed by atoms with Crippen LogP contribution in [0.25, 0.3) is 0 Å². The van der Waals surface area contributed by atoms with Crippen LogP contribution in [-0.4, -0.2) is 52.6 Å². The average molecular weight is 324 g/mol. The van der Waals surface area contributed by atoms with Crippen molar-refractivity contribution >= 4 is 12.2 Å². The van der Waals surface area contributed by atoms with Crippen LogP contribution in [-0.2, 0) is 16.1 Å². The zero-order valence-corrected chi connectivity index (χ0v) is 12.4. The van der Waals surface area contributed by atoms with Gasteiger partial charge >= 0.3 is 12.2 Å². The lowest BCUT2D eigenvalue weighted by molar-refractivity contribution is -0.155. The number of ether oxygens (including phenoxy) is 1. The standard InChI is InChI=1S/C15H17FN2O5/c16-12-4-2-1-3-11(12)9-17-10-15(22-13(17)19)5-7-18(8-6-15)23-14(20)21/h1-4H,5-10H2,(H,20,21). The Morgan fingerprint density at radius 2 is 2.04 bits per heavy atom. The average Bonchev–Trinajstić information content (AvgIpc) is 2.80. The SMILES string of the molecule is O=C(O)ON1CCC2(CC1)CN(Cc1ccccc1F)C(=O)O2. The molecule has 0 saturated carbocycles. The molecule has 0 radical (unpaired) electrons. The van der Waals surface area contributed by atoms with E-state index < -0.39 is 17.8 Å². The van der Waals surface area contributed by atoms with Gasteiger partial charge in [0.1, 0.15) is 11.4 Å². The second kappa shape index (κ2) is 6.04. The fraction of sp³-hybridized carbons (Fsp3) is 0.467. The monoisotopic (exact) mass is 324 g/mol. The lowest BCUT2D eigenvalue weighted by Gasteiger charge is -2.35. The molecule has 0 aromatic heterocycles. The van der Waals surface area contributed by atoms with E-state index in [9.17, 15) is 14.0 Å². The number of rotatable bonds is 3. The van der Waals surface area contributed by atoms with E-state index in [0.29, 0.717) is 38.0 Å². The molecule has 2 aliphatic heterocycles. The molecule has 7 nitrogen and oxygen atoms in total. The first-order chi connectivity index (χ1) is 11.0. The highest BCUT2D eigenvalue weighted by molar-refractivity contribution is 5.70. The zero-order chi connectivity index (χ0) is 16.4. The molecule has 1 N–H and O–H groups in total. The first-order valence-corrected chi connectivity index (χ1v) is 7.35. The van der Waals surface area contributed by atoms with Crippen molar-refractivity contribution in [1.29, 1.82) is 0 Å². The minimum absolute atomic E-state index is 0.155. The second-order valence-electron chi connectivity index (χ2n) is 5.78. The van der Waals surface area contributed by atoms with Crippen LogP contribution in [0.15, 0.2) is 24.3 Å². The lowest BCUT2D eigenvalue weighted by atomic mass is 9.92. The van der Waals surface area contributed by atoms with E-state index in [1.807, 2.05) is 0 Å². The summed E-state index contributed by atoms with van der Waals surface area (Å²) in [4.78, 5) is 28.7. The van der Waals surface area contributed by atoms with E-state index >= 15 is 0 Å². The van der Waals surface area contributed by atoms with Crippen molar-refractivity contribution in [1.82, 2.24) is 9.96 Å². The fourth-order valence-corrected chi connectivity index (χ4v) is 3.00. The summed E-state index contributed by atoms with van der Waals surface area (Å²) in [5, 5.41) is 9.94. The molecule has 2 aliphatic rings. The first-order valence-electron chi connectivity index (χ1n) is 7.35. The molecule has 23 heavy (non-hydrogen) atoms. The maximum atomic E-state index is 13.7. The van der Waals surface area contributed by atoms with Crippen LogP contribution < -0.4 is 0 Å². The Balaban J connectivity index is 1.62. The lowest BCUT2D eigenvalue weighted by Crippen LogP contribution is -2.47. The number of halogens is 1. The molecule has 2 heterocycles. The van der Waals surface area contributed by atoms with Gasteiger partial charge in [-0.05, 0) is 6.07 Å². The van der Waals surface area contributed by atoms with Crippen LogP contribution in [0.1, 0.15) is 18.4 Å². The number of amides is 1. The van der Waals surface area contributed by atoms with E-state index in [4.69, 9.17) is 9.84 Å². The molecule has 0 bridgehead atoms. The summed E-state index contributed by atoms with van der Waals surface area (Å²) in [7, 11) is 0. The highest BCUT2D eigenvalue weighted by Crippen LogP contribution is 2.34. The normalized spacial score (nSPS) is 20.6. The summed E-state index contributed by atoms with van der Waals surface area (Å²) >= 11 is 0. The third kappa shape index (κ3) is 3.37. The van der Waals surface area contributed by atoms with Crippen LogP contribution in [0.4, 0.5) is 14.0 Å². The Hall–Kier alpha value is -2.35. The van der Waals surface area contributed by atoms with Gasteiger partial charge in [-0.15, -0.1) is 5.06 Å². The molecule has 1 aromatic carbocycles. The number of hydrogen-bond donors (Lipinski definition) is 1. The van der Waals surface area contributed by atoms with Crippen LogP contribution in [0, 0.1) is 5.82 Å². The fourth-order valence-electron chi connectivity index (χ4n) is 3.00. The van der Waals surface area contributed by atoms with Gasteiger partial charge in [0.15, 0.2) is 0 Å². The van der Waals surface area contributed by atoms with E-state index in [0.717, 1.165) is 0 Å². The molecule has 0 aliphatic carbocycles. The highest BCUT2D eigenvalue weighted by Gasteiger charge is 2.47. The van der Waals surface area contributed by atoms with Gasteiger partial charge in [0.25, 0.3) is 0 Å². The molecule has 8 heteroatoms. The van der Waals surface area contributed by atoms with Crippen molar-refractivity contribution in [3.63, 3.8) is 0 Å². The van der Waals surface area contributed by atoms with E-state index in [-0.39, 0.29) is 12.4 Å². The summed E-state index contributed by atoms with van der Waals surface area (Å²) < 4.78 is 19.2. The molecule has 1 aromatic rings. The Morgan fingerprint density at radius 1 is 1.35 bits per heavy atom. The minimum atomic E-state index is -1.36. The summed E-state index contributed by atoms with van der Waals surface area (Å²) in [6.45, 7) is 1.23. The van der Waals surface area contributed by atoms with Gasteiger partial charge in [-0.25, -0.2) is 14.0 Å². The van der Waals surface area contributed by atoms with Crippen molar-refractivity contribution in [2.45, 2.75) is 25.0 Å². The molecule has 2 fully saturated rings. The van der Waals surface area contributed by atoms with Crippen molar-refractivity contribution in [2.75, 3.05) is 19.6 Å². The number of benzene rings is 1. The molecular weight excluding hydrogens is 307 g/mol. The molecule has 124 valence electrons. The van der Waals surface area contributed by atoms with Crippen LogP contribution in [0.5, 0.6) is 0 Å². The number of hydrogen-bond acceptors (Lipinski definition) is 5. The summed E-state index contributed by atoms with van der Waals surface area (Å²) in [6.07, 6.45) is -0.883. The Morgan fingerprint density at radius 3 is 2.70 bits per heavy atom. The summed E-state index contributed by atoms with van der Waals surface area (Å²) in [6, 6.07) is 6.31. The second-order valence-corrected chi connectivity index (χ2v) is 5.78. The van der Waals surface area contributed by atoms with E-state index in [2.05, 4.69) is 4.84 Å². The van der Waals surface area contributed by atoms with Gasteiger partial charge in [0.05, 0.1) is 13.1 Å². The van der Waals surface area contributed by atoms with Crippen molar-refractivity contribution in [3.8, 4) is 0 Å². The molecule has 2 saturated heterocycles. The summed E-state index contributed by atoms with van der Waals surface area (Å²) in [5.74, 6) is -0.356. The number of carbonyl (C=O) groups excluding carboxylic acids is 1. The molecule has 0 unspecified atom stereocenters.